The highest BCUT2D eigenvalue weighted by molar-refractivity contribution is 7.80. The minimum atomic E-state index is -4.49. The van der Waals surface area contributed by atoms with E-state index in [4.69, 9.17) is 0 Å². The second-order valence-electron chi connectivity index (χ2n) is 9.20. The van der Waals surface area contributed by atoms with Gasteiger partial charge < -0.3 is 9.45 Å². The lowest BCUT2D eigenvalue weighted by molar-refractivity contribution is -0.858. The Hall–Kier alpha value is -0.170. The van der Waals surface area contributed by atoms with E-state index in [1.807, 2.05) is 0 Å². The molecule has 0 heterocycles. The molecule has 0 bridgehead atoms. The van der Waals surface area contributed by atoms with E-state index in [-0.39, 0.29) is 6.61 Å². The summed E-state index contributed by atoms with van der Waals surface area (Å²) in [6, 6.07) is 0. The average Bonchev–Trinajstić information content (AvgIpc) is 2.70. The number of hydrogen-bond donors (Lipinski definition) is 1. The molecule has 1 N–H and O–H groups in total. The molecule has 0 aliphatic carbocycles. The standard InChI is InChI=1S/C13H28O4S.C12H27N/c1-2-3-4-5-6-7-8-9-10-11-12-13-17-18(14,15)16;1-4-5-6-7-8-9-10-11-12-13(2)3/h2-13H2,1H3,(H,14,15,16);4-12H2,1-3H3. The molecular formula is C25H55NO4S. The topological polar surface area (TPSA) is 70.9 Å². The van der Waals surface area contributed by atoms with Crippen LogP contribution in [-0.4, -0.2) is 40.2 Å². The molecule has 0 aliphatic heterocycles. The van der Waals surface area contributed by atoms with Crippen LogP contribution in [0.3, 0.4) is 0 Å². The fourth-order valence-electron chi connectivity index (χ4n) is 3.54. The second-order valence-corrected chi connectivity index (χ2v) is 10.2. The lowest BCUT2D eigenvalue weighted by Crippen LogP contribution is -3.05. The van der Waals surface area contributed by atoms with Crippen LogP contribution in [0.2, 0.25) is 0 Å². The molecule has 0 saturated heterocycles. The van der Waals surface area contributed by atoms with Crippen LogP contribution < -0.4 is 4.90 Å². The molecule has 190 valence electrons. The molecule has 31 heavy (non-hydrogen) atoms. The molecule has 0 aromatic carbocycles. The zero-order valence-corrected chi connectivity index (χ0v) is 22.2. The van der Waals surface area contributed by atoms with Crippen LogP contribution in [0.1, 0.15) is 136 Å². The first-order valence-corrected chi connectivity index (χ1v) is 14.6. The number of quaternary nitrogens is 1. The number of hydrogen-bond acceptors (Lipinski definition) is 4. The van der Waals surface area contributed by atoms with Crippen LogP contribution in [0.25, 0.3) is 0 Å². The molecule has 0 fully saturated rings. The fraction of sp³-hybridized carbons (Fsp3) is 1.00. The summed E-state index contributed by atoms with van der Waals surface area (Å²) in [5.74, 6) is 0. The molecule has 0 aliphatic rings. The SMILES string of the molecule is CCCCCCCCCCCCCOS(=O)(=O)[O-].CCCCCCCCCC[NH+](C)C. The van der Waals surface area contributed by atoms with E-state index in [0.717, 1.165) is 12.8 Å². The van der Waals surface area contributed by atoms with E-state index in [1.54, 1.807) is 4.90 Å². The summed E-state index contributed by atoms with van der Waals surface area (Å²) in [6.45, 7) is 5.87. The van der Waals surface area contributed by atoms with E-state index in [0.29, 0.717) is 6.42 Å². The third kappa shape index (κ3) is 37.5. The molecule has 0 unspecified atom stereocenters. The van der Waals surface area contributed by atoms with Gasteiger partial charge in [-0.3, -0.25) is 4.18 Å². The van der Waals surface area contributed by atoms with Gasteiger partial charge in [-0.25, -0.2) is 8.42 Å². The van der Waals surface area contributed by atoms with Crippen LogP contribution in [0.5, 0.6) is 0 Å². The summed E-state index contributed by atoms with van der Waals surface area (Å²) in [4.78, 5) is 1.59. The Balaban J connectivity index is 0. The first-order valence-electron chi connectivity index (χ1n) is 13.2. The molecule has 0 rings (SSSR count). The van der Waals surface area contributed by atoms with Gasteiger partial charge in [0.25, 0.3) is 0 Å². The van der Waals surface area contributed by atoms with Crippen molar-refractivity contribution in [2.45, 2.75) is 136 Å². The fourth-order valence-corrected chi connectivity index (χ4v) is 3.86. The highest BCUT2D eigenvalue weighted by Gasteiger charge is 1.96. The third-order valence-electron chi connectivity index (χ3n) is 5.51. The Morgan fingerprint density at radius 2 is 0.903 bits per heavy atom. The van der Waals surface area contributed by atoms with Crippen molar-refractivity contribution in [1.29, 1.82) is 0 Å². The van der Waals surface area contributed by atoms with Gasteiger partial charge in [-0.2, -0.15) is 0 Å². The average molecular weight is 466 g/mol. The van der Waals surface area contributed by atoms with E-state index in [1.165, 1.54) is 109 Å². The zero-order chi connectivity index (χ0) is 23.6. The van der Waals surface area contributed by atoms with Crippen molar-refractivity contribution in [3.05, 3.63) is 0 Å². The van der Waals surface area contributed by atoms with Crippen LogP contribution >= 0.6 is 0 Å². The summed E-state index contributed by atoms with van der Waals surface area (Å²) in [6.07, 6.45) is 24.6. The van der Waals surface area contributed by atoms with Gasteiger partial charge in [0.2, 0.25) is 10.4 Å². The quantitative estimate of drug-likeness (QED) is 0.120. The van der Waals surface area contributed by atoms with Gasteiger partial charge in [0.1, 0.15) is 0 Å². The largest absolute Gasteiger partial charge is 0.726 e. The van der Waals surface area contributed by atoms with Crippen molar-refractivity contribution in [2.24, 2.45) is 0 Å². The molecular weight excluding hydrogens is 410 g/mol. The summed E-state index contributed by atoms with van der Waals surface area (Å²) >= 11 is 0. The summed E-state index contributed by atoms with van der Waals surface area (Å²) in [5.41, 5.74) is 0. The van der Waals surface area contributed by atoms with Crippen LogP contribution in [0.15, 0.2) is 0 Å². The van der Waals surface area contributed by atoms with Crippen LogP contribution in [0.4, 0.5) is 0 Å². The number of rotatable bonds is 22. The van der Waals surface area contributed by atoms with Crippen molar-refractivity contribution in [1.82, 2.24) is 0 Å². The van der Waals surface area contributed by atoms with Crippen molar-refractivity contribution in [3.63, 3.8) is 0 Å². The smallest absolute Gasteiger partial charge is 0.217 e. The Kier molecular flexibility index (Phi) is 27.8. The van der Waals surface area contributed by atoms with Crippen molar-refractivity contribution < 1.29 is 22.1 Å². The Labute approximate surface area is 195 Å². The van der Waals surface area contributed by atoms with Crippen molar-refractivity contribution in [3.8, 4) is 0 Å². The van der Waals surface area contributed by atoms with E-state index < -0.39 is 10.4 Å². The van der Waals surface area contributed by atoms with E-state index in [2.05, 4.69) is 32.1 Å². The lowest BCUT2D eigenvalue weighted by Gasteiger charge is -2.07. The molecule has 0 spiro atoms. The van der Waals surface area contributed by atoms with Crippen molar-refractivity contribution >= 4 is 10.4 Å². The van der Waals surface area contributed by atoms with Gasteiger partial charge in [0.05, 0.1) is 27.2 Å². The Morgan fingerprint density at radius 1 is 0.581 bits per heavy atom. The van der Waals surface area contributed by atoms with Gasteiger partial charge in [-0.05, 0) is 19.3 Å². The molecule has 0 saturated carbocycles. The summed E-state index contributed by atoms with van der Waals surface area (Å²) in [5, 5.41) is 0. The maximum atomic E-state index is 10.1. The number of nitrogens with one attached hydrogen (secondary N) is 1. The molecule has 0 amide bonds. The van der Waals surface area contributed by atoms with Crippen LogP contribution in [-0.2, 0) is 14.6 Å². The molecule has 0 aromatic heterocycles. The molecule has 0 atom stereocenters. The first-order chi connectivity index (χ1) is 14.8. The predicted octanol–water partition coefficient (Wildman–Crippen LogP) is 6.05. The van der Waals surface area contributed by atoms with E-state index >= 15 is 0 Å². The Bertz CT molecular complexity index is 427. The molecule has 0 radical (unpaired) electrons. The lowest BCUT2D eigenvalue weighted by atomic mass is 10.1. The van der Waals surface area contributed by atoms with Crippen molar-refractivity contribution in [2.75, 3.05) is 27.2 Å². The van der Waals surface area contributed by atoms with Gasteiger partial charge in [-0.1, -0.05) is 117 Å². The van der Waals surface area contributed by atoms with Gasteiger partial charge >= 0.3 is 0 Å². The molecule has 6 heteroatoms. The van der Waals surface area contributed by atoms with Crippen LogP contribution in [0, 0.1) is 0 Å². The third-order valence-corrected chi connectivity index (χ3v) is 5.96. The van der Waals surface area contributed by atoms with Gasteiger partial charge in [0.15, 0.2) is 0 Å². The monoisotopic (exact) mass is 465 g/mol. The van der Waals surface area contributed by atoms with Gasteiger partial charge in [0, 0.05) is 0 Å². The normalized spacial score (nSPS) is 11.5. The second kappa shape index (κ2) is 26.1. The predicted molar refractivity (Wildman–Crippen MR) is 132 cm³/mol. The Morgan fingerprint density at radius 3 is 1.23 bits per heavy atom. The summed E-state index contributed by atoms with van der Waals surface area (Å²) in [7, 11) is -0.0119. The molecule has 5 nitrogen and oxygen atoms in total. The summed E-state index contributed by atoms with van der Waals surface area (Å²) < 4.78 is 34.5. The van der Waals surface area contributed by atoms with Gasteiger partial charge in [-0.15, -0.1) is 0 Å². The highest BCUT2D eigenvalue weighted by atomic mass is 32.3. The highest BCUT2D eigenvalue weighted by Crippen LogP contribution is 2.11. The molecule has 0 aromatic rings. The van der Waals surface area contributed by atoms with E-state index in [9.17, 15) is 13.0 Å². The zero-order valence-electron chi connectivity index (χ0n) is 21.4. The minimum Gasteiger partial charge on any atom is -0.726 e. The first kappa shape index (κ1) is 33.0. The maximum absolute atomic E-state index is 10.1. The minimum absolute atomic E-state index is 0.0306. The maximum Gasteiger partial charge on any atom is 0.217 e. The number of unbranched alkanes of at least 4 members (excludes halogenated alkanes) is 17.